The van der Waals surface area contributed by atoms with Crippen molar-refractivity contribution in [3.63, 3.8) is 0 Å². The molecular weight excluding hydrogens is 168 g/mol. The number of carboxylic acid groups (broad SMARTS) is 1. The summed E-state index contributed by atoms with van der Waals surface area (Å²) in [7, 11) is 1.93. The van der Waals surface area contributed by atoms with Crippen molar-refractivity contribution in [1.82, 2.24) is 10.2 Å². The molecule has 2 aliphatic heterocycles. The summed E-state index contributed by atoms with van der Waals surface area (Å²) in [6.07, 6.45) is 1.65. The average molecular weight is 184 g/mol. The van der Waals surface area contributed by atoms with Crippen LogP contribution in [0.4, 0.5) is 4.79 Å². The fourth-order valence-electron chi connectivity index (χ4n) is 2.93. The number of rotatable bonds is 2. The SMILES string of the molecule is CNCC12CC(CN(C(=O)O)C1)C2. The second-order valence-electron chi connectivity index (χ2n) is 4.47. The molecule has 4 nitrogen and oxygen atoms in total. The minimum absolute atomic E-state index is 0.260. The second kappa shape index (κ2) is 2.87. The molecule has 1 amide bonds. The largest absolute Gasteiger partial charge is 0.465 e. The van der Waals surface area contributed by atoms with Crippen molar-refractivity contribution in [3.05, 3.63) is 0 Å². The number of hydrogen-bond donors (Lipinski definition) is 2. The molecule has 3 fully saturated rings. The van der Waals surface area contributed by atoms with Crippen molar-refractivity contribution < 1.29 is 9.90 Å². The zero-order chi connectivity index (χ0) is 9.47. The normalized spacial score (nSPS) is 37.0. The zero-order valence-corrected chi connectivity index (χ0v) is 7.92. The monoisotopic (exact) mass is 184 g/mol. The van der Waals surface area contributed by atoms with Crippen molar-refractivity contribution in [2.45, 2.75) is 12.8 Å². The van der Waals surface area contributed by atoms with Crippen molar-refractivity contribution >= 4 is 6.09 Å². The number of carbonyl (C=O) groups is 1. The molecule has 2 saturated heterocycles. The Morgan fingerprint density at radius 2 is 2.38 bits per heavy atom. The number of nitrogens with one attached hydrogen (secondary N) is 1. The van der Waals surface area contributed by atoms with Gasteiger partial charge in [0.25, 0.3) is 0 Å². The highest BCUT2D eigenvalue weighted by Crippen LogP contribution is 2.49. The first kappa shape index (κ1) is 8.81. The van der Waals surface area contributed by atoms with E-state index < -0.39 is 6.09 Å². The van der Waals surface area contributed by atoms with E-state index in [1.807, 2.05) is 7.05 Å². The maximum atomic E-state index is 10.8. The Hall–Kier alpha value is -0.770. The lowest BCUT2D eigenvalue weighted by atomic mass is 9.59. The van der Waals surface area contributed by atoms with Crippen molar-refractivity contribution in [1.29, 1.82) is 0 Å². The van der Waals surface area contributed by atoms with Crippen LogP contribution in [0, 0.1) is 11.3 Å². The highest BCUT2D eigenvalue weighted by molar-refractivity contribution is 5.65. The topological polar surface area (TPSA) is 52.6 Å². The molecule has 4 heteroatoms. The molecule has 13 heavy (non-hydrogen) atoms. The molecule has 1 aliphatic carbocycles. The summed E-state index contributed by atoms with van der Waals surface area (Å²) in [6, 6.07) is 0. The van der Waals surface area contributed by atoms with Gasteiger partial charge in [-0.3, -0.25) is 0 Å². The molecule has 0 unspecified atom stereocenters. The minimum atomic E-state index is -0.759. The maximum Gasteiger partial charge on any atom is 0.407 e. The Kier molecular flexibility index (Phi) is 1.95. The standard InChI is InChI=1S/C9H16N2O2/c1-10-5-9-2-7(3-9)4-11(6-9)8(12)13/h7,10H,2-6H2,1H3,(H,12,13). The fraction of sp³-hybridized carbons (Fsp3) is 0.889. The highest BCUT2D eigenvalue weighted by Gasteiger charge is 2.50. The van der Waals surface area contributed by atoms with Crippen molar-refractivity contribution in [3.8, 4) is 0 Å². The lowest BCUT2D eigenvalue weighted by Gasteiger charge is -2.55. The Morgan fingerprint density at radius 3 is 2.92 bits per heavy atom. The molecule has 74 valence electrons. The van der Waals surface area contributed by atoms with Crippen LogP contribution in [0.5, 0.6) is 0 Å². The van der Waals surface area contributed by atoms with Crippen LogP contribution in [-0.4, -0.2) is 42.8 Å². The van der Waals surface area contributed by atoms with Crippen LogP contribution in [0.15, 0.2) is 0 Å². The van der Waals surface area contributed by atoms with E-state index in [4.69, 9.17) is 5.11 Å². The Balaban J connectivity index is 1.99. The van der Waals surface area contributed by atoms with Gasteiger partial charge >= 0.3 is 6.09 Å². The molecule has 2 bridgehead atoms. The van der Waals surface area contributed by atoms with Gasteiger partial charge in [0.15, 0.2) is 0 Å². The summed E-state index contributed by atoms with van der Waals surface area (Å²) in [4.78, 5) is 12.3. The lowest BCUT2D eigenvalue weighted by molar-refractivity contribution is -0.0482. The van der Waals surface area contributed by atoms with Crippen LogP contribution >= 0.6 is 0 Å². The van der Waals surface area contributed by atoms with Gasteiger partial charge in [0, 0.05) is 25.0 Å². The Bertz CT molecular complexity index is 218. The predicted octanol–water partition coefficient (Wildman–Crippen LogP) is 0.596. The van der Waals surface area contributed by atoms with Crippen LogP contribution in [0.2, 0.25) is 0 Å². The van der Waals surface area contributed by atoms with E-state index in [0.29, 0.717) is 5.92 Å². The third-order valence-electron chi connectivity index (χ3n) is 3.27. The smallest absolute Gasteiger partial charge is 0.407 e. The van der Waals surface area contributed by atoms with E-state index in [-0.39, 0.29) is 5.41 Å². The van der Waals surface area contributed by atoms with Crippen molar-refractivity contribution in [2.24, 2.45) is 11.3 Å². The van der Waals surface area contributed by atoms with E-state index in [0.717, 1.165) is 19.6 Å². The van der Waals surface area contributed by atoms with Crippen LogP contribution in [0.3, 0.4) is 0 Å². The number of hydrogen-bond acceptors (Lipinski definition) is 2. The van der Waals surface area contributed by atoms with E-state index in [1.165, 1.54) is 12.8 Å². The zero-order valence-electron chi connectivity index (χ0n) is 7.92. The minimum Gasteiger partial charge on any atom is -0.465 e. The predicted molar refractivity (Wildman–Crippen MR) is 48.7 cm³/mol. The van der Waals surface area contributed by atoms with Crippen LogP contribution in [0.1, 0.15) is 12.8 Å². The van der Waals surface area contributed by atoms with Gasteiger partial charge in [-0.1, -0.05) is 0 Å². The molecule has 0 atom stereocenters. The number of piperidine rings is 2. The van der Waals surface area contributed by atoms with Crippen molar-refractivity contribution in [2.75, 3.05) is 26.7 Å². The van der Waals surface area contributed by atoms with Gasteiger partial charge in [0.1, 0.15) is 0 Å². The first-order chi connectivity index (χ1) is 6.15. The third kappa shape index (κ3) is 1.39. The summed E-state index contributed by atoms with van der Waals surface area (Å²) in [5.74, 6) is 0.623. The van der Waals surface area contributed by atoms with Gasteiger partial charge in [-0.15, -0.1) is 0 Å². The summed E-state index contributed by atoms with van der Waals surface area (Å²) in [5, 5.41) is 12.0. The molecule has 0 aromatic carbocycles. The number of amides is 1. The molecule has 1 saturated carbocycles. The van der Waals surface area contributed by atoms with Gasteiger partial charge in [0.2, 0.25) is 0 Å². The molecule has 0 radical (unpaired) electrons. The van der Waals surface area contributed by atoms with Gasteiger partial charge in [0.05, 0.1) is 0 Å². The van der Waals surface area contributed by atoms with Gasteiger partial charge in [-0.25, -0.2) is 4.79 Å². The third-order valence-corrected chi connectivity index (χ3v) is 3.27. The molecule has 2 N–H and O–H groups in total. The summed E-state index contributed by atoms with van der Waals surface area (Å²) >= 11 is 0. The van der Waals surface area contributed by atoms with Crippen LogP contribution in [-0.2, 0) is 0 Å². The van der Waals surface area contributed by atoms with E-state index >= 15 is 0 Å². The number of nitrogens with zero attached hydrogens (tertiary/aromatic N) is 1. The molecule has 0 aromatic heterocycles. The lowest BCUT2D eigenvalue weighted by Crippen LogP contribution is -2.60. The molecular formula is C9H16N2O2. The fourth-order valence-corrected chi connectivity index (χ4v) is 2.93. The van der Waals surface area contributed by atoms with Gasteiger partial charge in [-0.05, 0) is 25.8 Å². The first-order valence-corrected chi connectivity index (χ1v) is 4.78. The first-order valence-electron chi connectivity index (χ1n) is 4.78. The van der Waals surface area contributed by atoms with E-state index in [1.54, 1.807) is 4.90 Å². The molecule has 2 heterocycles. The van der Waals surface area contributed by atoms with E-state index in [9.17, 15) is 4.79 Å². The molecule has 0 spiro atoms. The molecule has 3 rings (SSSR count). The van der Waals surface area contributed by atoms with E-state index in [2.05, 4.69) is 5.32 Å². The number of fused-ring (bicyclic) bond motifs is 2. The van der Waals surface area contributed by atoms with Crippen LogP contribution in [0.25, 0.3) is 0 Å². The maximum absolute atomic E-state index is 10.8. The molecule has 3 aliphatic rings. The van der Waals surface area contributed by atoms with Gasteiger partial charge in [-0.2, -0.15) is 0 Å². The second-order valence-corrected chi connectivity index (χ2v) is 4.47. The summed E-state index contributed by atoms with van der Waals surface area (Å²) < 4.78 is 0. The Labute approximate surface area is 77.9 Å². The summed E-state index contributed by atoms with van der Waals surface area (Å²) in [6.45, 7) is 2.42. The van der Waals surface area contributed by atoms with Crippen LogP contribution < -0.4 is 5.32 Å². The van der Waals surface area contributed by atoms with Gasteiger partial charge < -0.3 is 15.3 Å². The molecule has 0 aromatic rings. The Morgan fingerprint density at radius 1 is 1.69 bits per heavy atom. The highest BCUT2D eigenvalue weighted by atomic mass is 16.4. The quantitative estimate of drug-likeness (QED) is 0.660. The average Bonchev–Trinajstić information content (AvgIpc) is 2.03. The summed E-state index contributed by atoms with van der Waals surface area (Å²) in [5.41, 5.74) is 0.260.